The molecular formula is C35H25BrF6N6O2. The van der Waals surface area contributed by atoms with Crippen LogP contribution in [0.4, 0.5) is 26.3 Å². The highest BCUT2D eigenvalue weighted by molar-refractivity contribution is 9.10. The zero-order valence-electron chi connectivity index (χ0n) is 26.0. The summed E-state index contributed by atoms with van der Waals surface area (Å²) in [5, 5.41) is 8.26. The Hall–Kier alpha value is -5.18. The summed E-state index contributed by atoms with van der Waals surface area (Å²) in [6, 6.07) is 19.4. The van der Waals surface area contributed by atoms with Gasteiger partial charge in [-0.25, -0.2) is 9.20 Å². The highest BCUT2D eigenvalue weighted by atomic mass is 79.9. The molecule has 256 valence electrons. The maximum atomic E-state index is 14.4. The molecule has 50 heavy (non-hydrogen) atoms. The minimum Gasteiger partial charge on any atom is -0.330 e. The first-order valence-electron chi connectivity index (χ1n) is 15.3. The molecule has 1 aliphatic rings. The van der Waals surface area contributed by atoms with E-state index in [2.05, 4.69) is 26.1 Å². The van der Waals surface area contributed by atoms with Gasteiger partial charge in [0.15, 0.2) is 5.69 Å². The van der Waals surface area contributed by atoms with E-state index in [4.69, 9.17) is 0 Å². The monoisotopic (exact) mass is 754 g/mol. The van der Waals surface area contributed by atoms with Crippen molar-refractivity contribution in [3.63, 3.8) is 0 Å². The maximum absolute atomic E-state index is 14.4. The van der Waals surface area contributed by atoms with Crippen molar-refractivity contribution in [2.24, 2.45) is 0 Å². The van der Waals surface area contributed by atoms with Crippen LogP contribution in [0.3, 0.4) is 0 Å². The van der Waals surface area contributed by atoms with Gasteiger partial charge in [-0.1, -0.05) is 46.3 Å². The lowest BCUT2D eigenvalue weighted by atomic mass is 9.97. The van der Waals surface area contributed by atoms with Gasteiger partial charge in [0.25, 0.3) is 11.5 Å². The van der Waals surface area contributed by atoms with E-state index in [1.807, 2.05) is 30.3 Å². The molecule has 0 unspecified atom stereocenters. The Balaban J connectivity index is 1.33. The fourth-order valence-corrected chi connectivity index (χ4v) is 6.72. The number of fused-ring (bicyclic) bond motifs is 3. The molecule has 1 amide bonds. The predicted molar refractivity (Wildman–Crippen MR) is 174 cm³/mol. The van der Waals surface area contributed by atoms with Crippen LogP contribution in [0.5, 0.6) is 0 Å². The summed E-state index contributed by atoms with van der Waals surface area (Å²) in [5.74, 6) is -0.627. The molecule has 0 N–H and O–H groups in total. The smallest absolute Gasteiger partial charge is 0.330 e. The topological polar surface area (TPSA) is 77.4 Å². The van der Waals surface area contributed by atoms with Gasteiger partial charge in [0.05, 0.1) is 35.4 Å². The number of hydrogen-bond donors (Lipinski definition) is 0. The molecule has 0 radical (unpaired) electrons. The molecule has 4 heterocycles. The quantitative estimate of drug-likeness (QED) is 0.170. The average Bonchev–Trinajstić information content (AvgIpc) is 3.74. The van der Waals surface area contributed by atoms with E-state index < -0.39 is 35.6 Å². The van der Waals surface area contributed by atoms with Gasteiger partial charge in [-0.2, -0.15) is 36.5 Å². The molecule has 0 saturated carbocycles. The lowest BCUT2D eigenvalue weighted by Crippen LogP contribution is -2.46. The predicted octanol–water partition coefficient (Wildman–Crippen LogP) is 7.65. The van der Waals surface area contributed by atoms with Crippen LogP contribution in [-0.2, 0) is 31.7 Å². The molecule has 1 aliphatic heterocycles. The molecule has 6 aromatic rings. The lowest BCUT2D eigenvalue weighted by Gasteiger charge is -2.35. The average molecular weight is 756 g/mol. The van der Waals surface area contributed by atoms with Crippen LogP contribution in [0.15, 0.2) is 101 Å². The second-order valence-corrected chi connectivity index (χ2v) is 12.8. The van der Waals surface area contributed by atoms with Gasteiger partial charge in [-0.3, -0.25) is 14.2 Å². The fourth-order valence-electron chi connectivity index (χ4n) is 6.25. The van der Waals surface area contributed by atoms with Crippen molar-refractivity contribution in [3.05, 3.63) is 145 Å². The van der Waals surface area contributed by atoms with E-state index in [-0.39, 0.29) is 28.6 Å². The van der Waals surface area contributed by atoms with Crippen LogP contribution in [-0.4, -0.2) is 40.8 Å². The summed E-state index contributed by atoms with van der Waals surface area (Å²) >= 11 is 2.92. The molecule has 3 aromatic heterocycles. The number of alkyl halides is 6. The molecule has 0 fully saturated rings. The Morgan fingerprint density at radius 1 is 0.920 bits per heavy atom. The standard InChI is InChI=1S/C35H25BrF6N6O2/c1-20-15-26-29(19-45(20)32(49)22-7-12-28(36)27(17-22)34(37,38)39)48-31(23(18-43-48)16-21-5-3-2-4-6-21)47(33(26)50)25-10-8-24(9-11-25)46-14-13-30(44-46)35(40,41)42/h2-14,17-18,20H,15-16,19H2,1H3/t20-/m1/s1. The summed E-state index contributed by atoms with van der Waals surface area (Å²) in [7, 11) is 0. The second kappa shape index (κ2) is 12.3. The van der Waals surface area contributed by atoms with Crippen molar-refractivity contribution >= 4 is 27.5 Å². The Kier molecular flexibility index (Phi) is 8.20. The number of rotatable bonds is 5. The number of nitrogens with zero attached hydrogens (tertiary/aromatic N) is 6. The Bertz CT molecular complexity index is 2310. The van der Waals surface area contributed by atoms with Gasteiger partial charge in [-0.05, 0) is 67.4 Å². The number of carbonyl (C=O) groups excluding carboxylic acids is 1. The first-order chi connectivity index (χ1) is 23.7. The maximum Gasteiger partial charge on any atom is 0.435 e. The van der Waals surface area contributed by atoms with Crippen LogP contribution in [0.1, 0.15) is 50.9 Å². The molecule has 3 aromatic carbocycles. The summed E-state index contributed by atoms with van der Waals surface area (Å²) in [6.45, 7) is 1.63. The number of hydrogen-bond acceptors (Lipinski definition) is 4. The largest absolute Gasteiger partial charge is 0.435 e. The van der Waals surface area contributed by atoms with Crippen LogP contribution in [0.2, 0.25) is 0 Å². The Labute approximate surface area is 288 Å². The third-order valence-electron chi connectivity index (χ3n) is 8.71. The van der Waals surface area contributed by atoms with Gasteiger partial charge in [0, 0.05) is 39.8 Å². The zero-order chi connectivity index (χ0) is 35.5. The van der Waals surface area contributed by atoms with Crippen molar-refractivity contribution in [1.29, 1.82) is 0 Å². The summed E-state index contributed by atoms with van der Waals surface area (Å²) < 4.78 is 84.5. The zero-order valence-corrected chi connectivity index (χ0v) is 27.6. The van der Waals surface area contributed by atoms with E-state index in [1.54, 1.807) is 41.9 Å². The molecule has 8 nitrogen and oxygen atoms in total. The van der Waals surface area contributed by atoms with Gasteiger partial charge < -0.3 is 4.90 Å². The van der Waals surface area contributed by atoms with E-state index >= 15 is 0 Å². The molecule has 1 atom stereocenters. The second-order valence-electron chi connectivity index (χ2n) is 12.0. The van der Waals surface area contributed by atoms with E-state index in [0.29, 0.717) is 40.3 Å². The number of benzene rings is 3. The molecule has 0 aliphatic carbocycles. The highest BCUT2D eigenvalue weighted by Crippen LogP contribution is 2.36. The molecule has 0 bridgehead atoms. The van der Waals surface area contributed by atoms with Crippen molar-refractivity contribution in [1.82, 2.24) is 28.9 Å². The van der Waals surface area contributed by atoms with E-state index in [1.165, 1.54) is 27.8 Å². The Morgan fingerprint density at radius 3 is 2.28 bits per heavy atom. The fraction of sp³-hybridized carbons (Fsp3) is 0.200. The summed E-state index contributed by atoms with van der Waals surface area (Å²) in [5.41, 5.74) is 1.05. The number of carbonyl (C=O) groups is 1. The molecule has 0 saturated heterocycles. The summed E-state index contributed by atoms with van der Waals surface area (Å²) in [6.07, 6.45) is -5.97. The molecular weight excluding hydrogens is 730 g/mol. The first kappa shape index (κ1) is 33.3. The number of halogens is 7. The third-order valence-corrected chi connectivity index (χ3v) is 9.41. The first-order valence-corrected chi connectivity index (χ1v) is 16.1. The molecule has 15 heteroatoms. The minimum atomic E-state index is -4.68. The van der Waals surface area contributed by atoms with E-state index in [9.17, 15) is 35.9 Å². The number of aromatic nitrogens is 5. The van der Waals surface area contributed by atoms with Crippen molar-refractivity contribution in [2.75, 3.05) is 0 Å². The van der Waals surface area contributed by atoms with Crippen molar-refractivity contribution in [3.8, 4) is 11.4 Å². The van der Waals surface area contributed by atoms with E-state index in [0.717, 1.165) is 22.4 Å². The third kappa shape index (κ3) is 5.99. The van der Waals surface area contributed by atoms with Crippen LogP contribution in [0, 0.1) is 0 Å². The van der Waals surface area contributed by atoms with Gasteiger partial charge in [0.1, 0.15) is 5.65 Å². The number of amides is 1. The van der Waals surface area contributed by atoms with Gasteiger partial charge >= 0.3 is 12.4 Å². The molecule has 0 spiro atoms. The normalized spacial score (nSPS) is 15.0. The SMILES string of the molecule is C[C@@H]1Cc2c(n3ncc(Cc4ccccc4)c3n(-c3ccc(-n4ccc(C(F)(F)F)n4)cc3)c2=O)CN1C(=O)c1ccc(Br)c(C(F)(F)F)c1. The van der Waals surface area contributed by atoms with Crippen molar-refractivity contribution < 1.29 is 31.1 Å². The lowest BCUT2D eigenvalue weighted by molar-refractivity contribution is -0.141. The van der Waals surface area contributed by atoms with Gasteiger partial charge in [-0.15, -0.1) is 0 Å². The Morgan fingerprint density at radius 2 is 1.62 bits per heavy atom. The van der Waals surface area contributed by atoms with Crippen LogP contribution < -0.4 is 5.56 Å². The van der Waals surface area contributed by atoms with Crippen molar-refractivity contribution in [2.45, 2.75) is 44.7 Å². The highest BCUT2D eigenvalue weighted by Gasteiger charge is 2.37. The molecule has 7 rings (SSSR count). The summed E-state index contributed by atoms with van der Waals surface area (Å²) in [4.78, 5) is 29.6. The minimum absolute atomic E-state index is 0.0917. The van der Waals surface area contributed by atoms with Crippen LogP contribution in [0.25, 0.3) is 17.0 Å². The van der Waals surface area contributed by atoms with Gasteiger partial charge in [0.2, 0.25) is 0 Å². The van der Waals surface area contributed by atoms with Crippen LogP contribution >= 0.6 is 15.9 Å².